The summed E-state index contributed by atoms with van der Waals surface area (Å²) in [4.78, 5) is 20.7. The van der Waals surface area contributed by atoms with Gasteiger partial charge in [-0.2, -0.15) is 0 Å². The molecule has 2 aromatic rings. The zero-order valence-electron chi connectivity index (χ0n) is 8.45. The van der Waals surface area contributed by atoms with Crippen LogP contribution in [0.1, 0.15) is 4.88 Å². The van der Waals surface area contributed by atoms with Crippen LogP contribution >= 0.6 is 22.9 Å². The Morgan fingerprint density at radius 2 is 2.38 bits per heavy atom. The number of nitrogens with zero attached hydrogens (tertiary/aromatic N) is 2. The van der Waals surface area contributed by atoms with Crippen LogP contribution < -0.4 is 11.1 Å². The Balaban J connectivity index is 2.45. The summed E-state index contributed by atoms with van der Waals surface area (Å²) in [5.41, 5.74) is 5.05. The Hall–Kier alpha value is -1.40. The van der Waals surface area contributed by atoms with Gasteiger partial charge < -0.3 is 11.1 Å². The summed E-state index contributed by atoms with van der Waals surface area (Å²) < 4.78 is 0. The summed E-state index contributed by atoms with van der Waals surface area (Å²) in [5, 5.41) is 3.85. The summed E-state index contributed by atoms with van der Waals surface area (Å²) in [7, 11) is 0. The molecule has 0 aliphatic carbocycles. The van der Waals surface area contributed by atoms with Crippen LogP contribution in [-0.2, 0) is 4.79 Å². The van der Waals surface area contributed by atoms with E-state index in [1.807, 2.05) is 13.0 Å². The van der Waals surface area contributed by atoms with Crippen molar-refractivity contribution in [2.75, 3.05) is 11.9 Å². The summed E-state index contributed by atoms with van der Waals surface area (Å²) in [6.07, 6.45) is 0. The standard InChI is InChI=1S/C9H9ClN4OS/c1-4-2-5-7(12-3-6(11)15)13-9(10)14-8(5)16-4/h2H,3H2,1H3,(H2,11,15)(H,12,13,14). The highest BCUT2D eigenvalue weighted by Crippen LogP contribution is 2.29. The number of hydrogen-bond acceptors (Lipinski definition) is 5. The summed E-state index contributed by atoms with van der Waals surface area (Å²) in [6.45, 7) is 2.00. The monoisotopic (exact) mass is 256 g/mol. The second-order valence-electron chi connectivity index (χ2n) is 3.24. The fourth-order valence-corrected chi connectivity index (χ4v) is 2.42. The zero-order chi connectivity index (χ0) is 11.7. The van der Waals surface area contributed by atoms with Gasteiger partial charge in [0.15, 0.2) is 0 Å². The average molecular weight is 257 g/mol. The third kappa shape index (κ3) is 2.23. The van der Waals surface area contributed by atoms with Crippen molar-refractivity contribution in [2.24, 2.45) is 5.73 Å². The second-order valence-corrected chi connectivity index (χ2v) is 4.81. The average Bonchev–Trinajstić information content (AvgIpc) is 2.54. The summed E-state index contributed by atoms with van der Waals surface area (Å²) >= 11 is 7.30. The number of nitrogens with one attached hydrogen (secondary N) is 1. The van der Waals surface area contributed by atoms with Gasteiger partial charge in [0, 0.05) is 4.88 Å². The smallest absolute Gasteiger partial charge is 0.236 e. The highest BCUT2D eigenvalue weighted by molar-refractivity contribution is 7.18. The van der Waals surface area contributed by atoms with Gasteiger partial charge in [0.05, 0.1) is 11.9 Å². The van der Waals surface area contributed by atoms with E-state index in [-0.39, 0.29) is 11.8 Å². The molecule has 1 amide bonds. The van der Waals surface area contributed by atoms with Crippen molar-refractivity contribution in [1.29, 1.82) is 0 Å². The quantitative estimate of drug-likeness (QED) is 0.817. The third-order valence-electron chi connectivity index (χ3n) is 1.92. The summed E-state index contributed by atoms with van der Waals surface area (Å²) in [5.74, 6) is 0.0907. The lowest BCUT2D eigenvalue weighted by molar-refractivity contribution is -0.116. The molecule has 0 spiro atoms. The number of halogens is 1. The van der Waals surface area contributed by atoms with Gasteiger partial charge in [-0.1, -0.05) is 0 Å². The highest BCUT2D eigenvalue weighted by Gasteiger charge is 2.09. The van der Waals surface area contributed by atoms with E-state index in [9.17, 15) is 4.79 Å². The minimum Gasteiger partial charge on any atom is -0.368 e. The molecule has 0 saturated carbocycles. The third-order valence-corrected chi connectivity index (χ3v) is 3.03. The molecule has 0 aliphatic heterocycles. The first-order chi connectivity index (χ1) is 7.56. The Labute approximate surface area is 101 Å². The zero-order valence-corrected chi connectivity index (χ0v) is 10.0. The van der Waals surface area contributed by atoms with E-state index >= 15 is 0 Å². The number of thiophene rings is 1. The van der Waals surface area contributed by atoms with Crippen molar-refractivity contribution in [3.63, 3.8) is 0 Å². The maximum Gasteiger partial charge on any atom is 0.236 e. The first kappa shape index (κ1) is 11.1. The Kier molecular flexibility index (Phi) is 2.93. The molecule has 2 aromatic heterocycles. The minimum atomic E-state index is -0.449. The normalized spacial score (nSPS) is 10.6. The number of carbonyl (C=O) groups excluding carboxylic acids is 1. The lowest BCUT2D eigenvalue weighted by atomic mass is 10.3. The van der Waals surface area contributed by atoms with Gasteiger partial charge in [-0.05, 0) is 24.6 Å². The number of nitrogens with two attached hydrogens (primary N) is 1. The predicted octanol–water partition coefficient (Wildman–Crippen LogP) is 1.55. The number of carbonyl (C=O) groups is 1. The number of aromatic nitrogens is 2. The van der Waals surface area contributed by atoms with Gasteiger partial charge in [0.25, 0.3) is 0 Å². The minimum absolute atomic E-state index is 0.0251. The lowest BCUT2D eigenvalue weighted by Gasteiger charge is -2.04. The molecule has 2 heterocycles. The Morgan fingerprint density at radius 3 is 3.06 bits per heavy atom. The van der Waals surface area contributed by atoms with Crippen LogP contribution in [0.2, 0.25) is 5.28 Å². The molecule has 0 fully saturated rings. The van der Waals surface area contributed by atoms with Crippen LogP contribution in [0, 0.1) is 6.92 Å². The molecule has 84 valence electrons. The van der Waals surface area contributed by atoms with Gasteiger partial charge in [-0.3, -0.25) is 4.79 Å². The molecule has 0 saturated heterocycles. The largest absolute Gasteiger partial charge is 0.368 e. The Morgan fingerprint density at radius 1 is 1.62 bits per heavy atom. The van der Waals surface area contributed by atoms with Crippen LogP contribution in [0.5, 0.6) is 0 Å². The first-order valence-corrected chi connectivity index (χ1v) is 5.71. The molecule has 5 nitrogen and oxygen atoms in total. The fourth-order valence-electron chi connectivity index (χ4n) is 1.32. The molecule has 0 bridgehead atoms. The first-order valence-electron chi connectivity index (χ1n) is 4.52. The van der Waals surface area contributed by atoms with E-state index in [1.165, 1.54) is 11.3 Å². The second kappa shape index (κ2) is 4.23. The molecule has 0 unspecified atom stereocenters. The van der Waals surface area contributed by atoms with Crippen molar-refractivity contribution < 1.29 is 4.79 Å². The van der Waals surface area contributed by atoms with Gasteiger partial charge >= 0.3 is 0 Å². The number of primary amides is 1. The van der Waals surface area contributed by atoms with Crippen LogP contribution in [0.15, 0.2) is 6.07 Å². The van der Waals surface area contributed by atoms with Crippen LogP contribution in [-0.4, -0.2) is 22.4 Å². The Bertz CT molecular complexity index is 554. The van der Waals surface area contributed by atoms with Crippen molar-refractivity contribution in [3.8, 4) is 0 Å². The van der Waals surface area contributed by atoms with E-state index < -0.39 is 5.91 Å². The number of hydrogen-bond donors (Lipinski definition) is 2. The molecule has 0 aliphatic rings. The highest BCUT2D eigenvalue weighted by atomic mass is 35.5. The number of fused-ring (bicyclic) bond motifs is 1. The molecule has 16 heavy (non-hydrogen) atoms. The molecule has 0 radical (unpaired) electrons. The van der Waals surface area contributed by atoms with E-state index in [0.717, 1.165) is 15.1 Å². The van der Waals surface area contributed by atoms with Crippen LogP contribution in [0.25, 0.3) is 10.2 Å². The molecule has 3 N–H and O–H groups in total. The lowest BCUT2D eigenvalue weighted by Crippen LogP contribution is -2.22. The van der Waals surface area contributed by atoms with Crippen LogP contribution in [0.4, 0.5) is 5.82 Å². The maximum absolute atomic E-state index is 10.7. The molecule has 0 atom stereocenters. The maximum atomic E-state index is 10.7. The number of aryl methyl sites for hydroxylation is 1. The van der Waals surface area contributed by atoms with Gasteiger partial charge in [0.1, 0.15) is 10.6 Å². The fraction of sp³-hybridized carbons (Fsp3) is 0.222. The molecule has 7 heteroatoms. The summed E-state index contributed by atoms with van der Waals surface area (Å²) in [6, 6.07) is 1.94. The van der Waals surface area contributed by atoms with E-state index in [0.29, 0.717) is 5.82 Å². The van der Waals surface area contributed by atoms with Crippen molar-refractivity contribution in [2.45, 2.75) is 6.92 Å². The van der Waals surface area contributed by atoms with E-state index in [1.54, 1.807) is 0 Å². The molecule has 0 aromatic carbocycles. The molecular weight excluding hydrogens is 248 g/mol. The topological polar surface area (TPSA) is 80.9 Å². The molecular formula is C9H9ClN4OS. The van der Waals surface area contributed by atoms with Gasteiger partial charge in [0.2, 0.25) is 11.2 Å². The van der Waals surface area contributed by atoms with Gasteiger partial charge in [-0.15, -0.1) is 11.3 Å². The SMILES string of the molecule is Cc1cc2c(NCC(N)=O)nc(Cl)nc2s1. The van der Waals surface area contributed by atoms with Crippen molar-refractivity contribution >= 4 is 44.9 Å². The van der Waals surface area contributed by atoms with Crippen molar-refractivity contribution in [3.05, 3.63) is 16.2 Å². The van der Waals surface area contributed by atoms with Gasteiger partial charge in [-0.25, -0.2) is 9.97 Å². The number of anilines is 1. The molecule has 2 rings (SSSR count). The van der Waals surface area contributed by atoms with E-state index in [4.69, 9.17) is 17.3 Å². The predicted molar refractivity (Wildman–Crippen MR) is 64.8 cm³/mol. The number of rotatable bonds is 3. The van der Waals surface area contributed by atoms with Crippen molar-refractivity contribution in [1.82, 2.24) is 9.97 Å². The van der Waals surface area contributed by atoms with E-state index in [2.05, 4.69) is 15.3 Å². The number of amides is 1. The van der Waals surface area contributed by atoms with Crippen LogP contribution in [0.3, 0.4) is 0 Å².